The standard InChI is InChI=1S/C15H19N5/c1-10-13(5-6-17-12-3-4-12)11(2)20-15(19-10)14-9-16-7-8-18-14/h7-9,12,17H,3-6H2,1-2H3. The molecule has 0 amide bonds. The quantitative estimate of drug-likeness (QED) is 0.897. The highest BCUT2D eigenvalue weighted by Gasteiger charge is 2.20. The molecule has 3 rings (SSSR count). The number of aromatic nitrogens is 4. The van der Waals surface area contributed by atoms with Crippen molar-refractivity contribution >= 4 is 0 Å². The Morgan fingerprint density at radius 2 is 1.90 bits per heavy atom. The van der Waals surface area contributed by atoms with Crippen LogP contribution in [0.25, 0.3) is 11.5 Å². The third-order valence-corrected chi connectivity index (χ3v) is 3.60. The molecule has 0 saturated heterocycles. The van der Waals surface area contributed by atoms with Gasteiger partial charge in [0.1, 0.15) is 5.69 Å². The molecule has 2 aromatic rings. The highest BCUT2D eigenvalue weighted by Crippen LogP contribution is 2.19. The van der Waals surface area contributed by atoms with Crippen LogP contribution in [0.3, 0.4) is 0 Å². The first kappa shape index (κ1) is 13.1. The van der Waals surface area contributed by atoms with Gasteiger partial charge in [0.2, 0.25) is 0 Å². The average Bonchev–Trinajstić information content (AvgIpc) is 3.27. The molecular formula is C15H19N5. The number of aryl methyl sites for hydroxylation is 2. The Balaban J connectivity index is 1.78. The number of hydrogen-bond donors (Lipinski definition) is 1. The van der Waals surface area contributed by atoms with Gasteiger partial charge in [-0.1, -0.05) is 0 Å². The molecule has 0 radical (unpaired) electrons. The van der Waals surface area contributed by atoms with Gasteiger partial charge in [-0.2, -0.15) is 0 Å². The highest BCUT2D eigenvalue weighted by atomic mass is 15.0. The molecule has 1 fully saturated rings. The van der Waals surface area contributed by atoms with Crippen LogP contribution < -0.4 is 5.32 Å². The van der Waals surface area contributed by atoms with Crippen LogP contribution in [0.5, 0.6) is 0 Å². The average molecular weight is 269 g/mol. The lowest BCUT2D eigenvalue weighted by atomic mass is 10.1. The first-order chi connectivity index (χ1) is 9.74. The number of nitrogens with one attached hydrogen (secondary N) is 1. The van der Waals surface area contributed by atoms with E-state index in [1.165, 1.54) is 18.4 Å². The van der Waals surface area contributed by atoms with E-state index in [2.05, 4.69) is 25.3 Å². The zero-order valence-corrected chi connectivity index (χ0v) is 11.9. The Labute approximate surface area is 118 Å². The van der Waals surface area contributed by atoms with Crippen molar-refractivity contribution < 1.29 is 0 Å². The molecule has 1 saturated carbocycles. The molecule has 0 bridgehead atoms. The summed E-state index contributed by atoms with van der Waals surface area (Å²) in [5.74, 6) is 0.659. The fourth-order valence-corrected chi connectivity index (χ4v) is 2.32. The Morgan fingerprint density at radius 1 is 1.15 bits per heavy atom. The van der Waals surface area contributed by atoms with Crippen molar-refractivity contribution in [2.24, 2.45) is 0 Å². The van der Waals surface area contributed by atoms with Crippen LogP contribution in [-0.4, -0.2) is 32.5 Å². The van der Waals surface area contributed by atoms with E-state index in [4.69, 9.17) is 0 Å². The Hall–Kier alpha value is -1.88. The second-order valence-electron chi connectivity index (χ2n) is 5.27. The van der Waals surface area contributed by atoms with Gasteiger partial charge in [0.15, 0.2) is 5.82 Å². The maximum atomic E-state index is 4.58. The van der Waals surface area contributed by atoms with E-state index in [0.29, 0.717) is 5.82 Å². The van der Waals surface area contributed by atoms with Crippen LogP contribution in [0.2, 0.25) is 0 Å². The van der Waals surface area contributed by atoms with Crippen LogP contribution in [0.4, 0.5) is 0 Å². The van der Waals surface area contributed by atoms with Gasteiger partial charge in [0, 0.05) is 29.8 Å². The van der Waals surface area contributed by atoms with Gasteiger partial charge >= 0.3 is 0 Å². The second kappa shape index (κ2) is 5.63. The van der Waals surface area contributed by atoms with Crippen molar-refractivity contribution in [1.29, 1.82) is 0 Å². The van der Waals surface area contributed by atoms with Gasteiger partial charge in [-0.15, -0.1) is 0 Å². The van der Waals surface area contributed by atoms with E-state index in [0.717, 1.165) is 36.1 Å². The maximum absolute atomic E-state index is 4.58. The van der Waals surface area contributed by atoms with Gasteiger partial charge in [0.25, 0.3) is 0 Å². The summed E-state index contributed by atoms with van der Waals surface area (Å²) in [6.07, 6.45) is 8.63. The molecule has 0 atom stereocenters. The zero-order chi connectivity index (χ0) is 13.9. The van der Waals surface area contributed by atoms with Gasteiger partial charge in [-0.05, 0) is 45.2 Å². The molecule has 5 nitrogen and oxygen atoms in total. The van der Waals surface area contributed by atoms with Gasteiger partial charge < -0.3 is 5.32 Å². The molecule has 0 aromatic carbocycles. The summed E-state index contributed by atoms with van der Waals surface area (Å²) in [4.78, 5) is 17.5. The van der Waals surface area contributed by atoms with Crippen molar-refractivity contribution in [3.8, 4) is 11.5 Å². The Bertz CT molecular complexity index is 569. The van der Waals surface area contributed by atoms with Crippen molar-refractivity contribution in [1.82, 2.24) is 25.3 Å². The van der Waals surface area contributed by atoms with E-state index < -0.39 is 0 Å². The number of nitrogens with zero attached hydrogens (tertiary/aromatic N) is 4. The Kier molecular flexibility index (Phi) is 3.69. The largest absolute Gasteiger partial charge is 0.314 e. The molecule has 0 spiro atoms. The molecule has 1 aliphatic rings. The lowest BCUT2D eigenvalue weighted by Gasteiger charge is -2.11. The lowest BCUT2D eigenvalue weighted by Crippen LogP contribution is -2.20. The minimum Gasteiger partial charge on any atom is -0.314 e. The summed E-state index contributed by atoms with van der Waals surface area (Å²) < 4.78 is 0. The van der Waals surface area contributed by atoms with Crippen LogP contribution in [0, 0.1) is 13.8 Å². The van der Waals surface area contributed by atoms with Crippen LogP contribution in [0.1, 0.15) is 29.8 Å². The molecule has 104 valence electrons. The molecule has 1 N–H and O–H groups in total. The van der Waals surface area contributed by atoms with E-state index in [1.807, 2.05) is 13.8 Å². The summed E-state index contributed by atoms with van der Waals surface area (Å²) in [6, 6.07) is 0.746. The van der Waals surface area contributed by atoms with Crippen molar-refractivity contribution in [2.75, 3.05) is 6.54 Å². The van der Waals surface area contributed by atoms with Crippen LogP contribution in [-0.2, 0) is 6.42 Å². The number of rotatable bonds is 5. The summed E-state index contributed by atoms with van der Waals surface area (Å²) in [5.41, 5.74) is 4.04. The third kappa shape index (κ3) is 2.99. The number of hydrogen-bond acceptors (Lipinski definition) is 5. The molecule has 20 heavy (non-hydrogen) atoms. The van der Waals surface area contributed by atoms with Crippen molar-refractivity contribution in [3.05, 3.63) is 35.5 Å². The summed E-state index contributed by atoms with van der Waals surface area (Å²) in [7, 11) is 0. The minimum atomic E-state index is 0.659. The molecule has 2 aromatic heterocycles. The second-order valence-corrected chi connectivity index (χ2v) is 5.27. The van der Waals surface area contributed by atoms with E-state index in [9.17, 15) is 0 Å². The SMILES string of the molecule is Cc1nc(-c2cnccn2)nc(C)c1CCNC1CC1. The maximum Gasteiger partial charge on any atom is 0.180 e. The molecule has 2 heterocycles. The fourth-order valence-electron chi connectivity index (χ4n) is 2.32. The predicted molar refractivity (Wildman–Crippen MR) is 77.3 cm³/mol. The summed E-state index contributed by atoms with van der Waals surface area (Å²) in [6.45, 7) is 5.09. The minimum absolute atomic E-state index is 0.659. The molecular weight excluding hydrogens is 250 g/mol. The van der Waals surface area contributed by atoms with Crippen molar-refractivity contribution in [2.45, 2.75) is 39.2 Å². The van der Waals surface area contributed by atoms with E-state index in [-0.39, 0.29) is 0 Å². The Morgan fingerprint density at radius 3 is 2.50 bits per heavy atom. The smallest absolute Gasteiger partial charge is 0.180 e. The summed E-state index contributed by atoms with van der Waals surface area (Å²) in [5, 5.41) is 3.53. The monoisotopic (exact) mass is 269 g/mol. The lowest BCUT2D eigenvalue weighted by molar-refractivity contribution is 0.675. The van der Waals surface area contributed by atoms with Gasteiger partial charge in [-0.3, -0.25) is 4.98 Å². The highest BCUT2D eigenvalue weighted by molar-refractivity contribution is 5.48. The molecule has 1 aliphatic carbocycles. The fraction of sp³-hybridized carbons (Fsp3) is 0.467. The van der Waals surface area contributed by atoms with Crippen LogP contribution >= 0.6 is 0 Å². The first-order valence-corrected chi connectivity index (χ1v) is 7.08. The summed E-state index contributed by atoms with van der Waals surface area (Å²) >= 11 is 0. The first-order valence-electron chi connectivity index (χ1n) is 7.08. The normalized spacial score (nSPS) is 14.5. The van der Waals surface area contributed by atoms with Gasteiger partial charge in [0.05, 0.1) is 6.20 Å². The zero-order valence-electron chi connectivity index (χ0n) is 11.9. The molecule has 0 aliphatic heterocycles. The molecule has 0 unspecified atom stereocenters. The third-order valence-electron chi connectivity index (χ3n) is 3.60. The van der Waals surface area contributed by atoms with Crippen molar-refractivity contribution in [3.63, 3.8) is 0 Å². The predicted octanol–water partition coefficient (Wildman–Crippen LogP) is 1.84. The van der Waals surface area contributed by atoms with Crippen LogP contribution in [0.15, 0.2) is 18.6 Å². The molecule has 5 heteroatoms. The van der Waals surface area contributed by atoms with E-state index in [1.54, 1.807) is 18.6 Å². The van der Waals surface area contributed by atoms with E-state index >= 15 is 0 Å². The van der Waals surface area contributed by atoms with Gasteiger partial charge in [-0.25, -0.2) is 15.0 Å². The topological polar surface area (TPSA) is 63.6 Å².